The zero-order valence-corrected chi connectivity index (χ0v) is 16.0. The number of benzene rings is 1. The van der Waals surface area contributed by atoms with Gasteiger partial charge in [-0.1, -0.05) is 12.1 Å². The minimum atomic E-state index is -0.807. The molecule has 0 bridgehead atoms. The van der Waals surface area contributed by atoms with Crippen molar-refractivity contribution in [3.05, 3.63) is 29.8 Å². The average Bonchev–Trinajstić information content (AvgIpc) is 2.72. The normalized spacial score (nSPS) is 19.6. The van der Waals surface area contributed by atoms with Crippen LogP contribution in [0.4, 0.5) is 0 Å². The highest BCUT2D eigenvalue weighted by Gasteiger charge is 2.39. The number of carbonyl (C=O) groups excluding carboxylic acids is 2. The zero-order chi connectivity index (χ0) is 19.3. The van der Waals surface area contributed by atoms with Crippen LogP contribution in [0, 0.1) is 0 Å². The molecule has 2 saturated heterocycles. The number of methoxy groups -OCH3 is 1. The van der Waals surface area contributed by atoms with Gasteiger partial charge in [0.25, 0.3) is 0 Å². The molecule has 0 radical (unpaired) electrons. The first-order chi connectivity index (χ1) is 13.0. The fourth-order valence-electron chi connectivity index (χ4n) is 3.62. The number of ether oxygens (including phenoxy) is 2. The molecule has 2 aliphatic heterocycles. The van der Waals surface area contributed by atoms with Crippen molar-refractivity contribution in [1.29, 1.82) is 0 Å². The van der Waals surface area contributed by atoms with Crippen molar-refractivity contribution < 1.29 is 19.1 Å². The number of carbonyl (C=O) groups is 2. The smallest absolute Gasteiger partial charge is 0.242 e. The van der Waals surface area contributed by atoms with Crippen molar-refractivity contribution in [1.82, 2.24) is 9.80 Å². The van der Waals surface area contributed by atoms with Gasteiger partial charge in [0.15, 0.2) is 0 Å². The number of amides is 2. The van der Waals surface area contributed by atoms with Gasteiger partial charge in [-0.2, -0.15) is 0 Å². The fourth-order valence-corrected chi connectivity index (χ4v) is 3.62. The molecule has 0 saturated carbocycles. The molecule has 0 unspecified atom stereocenters. The fraction of sp³-hybridized carbons (Fsp3) is 0.600. The number of nitrogens with two attached hydrogens (primary N) is 1. The molecule has 1 aromatic carbocycles. The van der Waals surface area contributed by atoms with Crippen LogP contribution in [-0.4, -0.2) is 73.7 Å². The van der Waals surface area contributed by atoms with Crippen LogP contribution in [0.25, 0.3) is 0 Å². The Balaban J connectivity index is 1.45. The first kappa shape index (κ1) is 19.6. The topological polar surface area (TPSA) is 85.1 Å². The second-order valence-corrected chi connectivity index (χ2v) is 7.29. The van der Waals surface area contributed by atoms with Gasteiger partial charge in [0.2, 0.25) is 11.8 Å². The molecular weight excluding hydrogens is 346 g/mol. The lowest BCUT2D eigenvalue weighted by Crippen LogP contribution is -2.61. The van der Waals surface area contributed by atoms with Gasteiger partial charge in [-0.05, 0) is 37.0 Å². The van der Waals surface area contributed by atoms with E-state index in [0.717, 1.165) is 11.3 Å². The minimum Gasteiger partial charge on any atom is -0.497 e. The Morgan fingerprint density at radius 2 is 1.67 bits per heavy atom. The SMILES string of the molecule is COc1ccc(CCC(=O)N2CCN(C(=O)C3(N)CCOCC3)CC2)cc1. The van der Waals surface area contributed by atoms with E-state index in [4.69, 9.17) is 15.2 Å². The summed E-state index contributed by atoms with van der Waals surface area (Å²) in [5.41, 5.74) is 6.61. The van der Waals surface area contributed by atoms with Gasteiger partial charge in [-0.25, -0.2) is 0 Å². The highest BCUT2D eigenvalue weighted by Crippen LogP contribution is 2.21. The molecular formula is C20H29N3O4. The average molecular weight is 375 g/mol. The molecule has 0 aliphatic carbocycles. The van der Waals surface area contributed by atoms with Crippen LogP contribution < -0.4 is 10.5 Å². The Hall–Kier alpha value is -2.12. The predicted octanol–water partition coefficient (Wildman–Crippen LogP) is 0.807. The van der Waals surface area contributed by atoms with Gasteiger partial charge in [0.05, 0.1) is 12.6 Å². The summed E-state index contributed by atoms with van der Waals surface area (Å²) in [5, 5.41) is 0. The van der Waals surface area contributed by atoms with E-state index in [9.17, 15) is 9.59 Å². The van der Waals surface area contributed by atoms with Crippen LogP contribution in [0.5, 0.6) is 5.75 Å². The lowest BCUT2D eigenvalue weighted by Gasteiger charge is -2.41. The summed E-state index contributed by atoms with van der Waals surface area (Å²) in [4.78, 5) is 28.9. The molecule has 0 aromatic heterocycles. The molecule has 1 aromatic rings. The highest BCUT2D eigenvalue weighted by atomic mass is 16.5. The number of piperazine rings is 1. The maximum atomic E-state index is 12.7. The maximum Gasteiger partial charge on any atom is 0.242 e. The molecule has 2 aliphatic rings. The van der Waals surface area contributed by atoms with Gasteiger partial charge >= 0.3 is 0 Å². The van der Waals surface area contributed by atoms with E-state index in [1.165, 1.54) is 0 Å². The van der Waals surface area contributed by atoms with E-state index in [-0.39, 0.29) is 11.8 Å². The summed E-state index contributed by atoms with van der Waals surface area (Å²) in [6.45, 7) is 3.30. The first-order valence-electron chi connectivity index (χ1n) is 9.58. The molecule has 27 heavy (non-hydrogen) atoms. The molecule has 0 spiro atoms. The third kappa shape index (κ3) is 4.78. The predicted molar refractivity (Wildman–Crippen MR) is 101 cm³/mol. The molecule has 0 atom stereocenters. The Labute approximate surface area is 160 Å². The van der Waals surface area contributed by atoms with Crippen molar-refractivity contribution in [3.8, 4) is 5.75 Å². The highest BCUT2D eigenvalue weighted by molar-refractivity contribution is 5.86. The molecule has 7 heteroatoms. The van der Waals surface area contributed by atoms with Gasteiger partial charge in [-0.3, -0.25) is 9.59 Å². The molecule has 2 amide bonds. The Morgan fingerprint density at radius 3 is 2.26 bits per heavy atom. The molecule has 148 valence electrons. The van der Waals surface area contributed by atoms with Gasteiger partial charge < -0.3 is 25.0 Å². The van der Waals surface area contributed by atoms with E-state index >= 15 is 0 Å². The Bertz CT molecular complexity index is 648. The number of rotatable bonds is 5. The molecule has 2 heterocycles. The Morgan fingerprint density at radius 1 is 1.07 bits per heavy atom. The van der Waals surface area contributed by atoms with Crippen LogP contribution in [-0.2, 0) is 20.7 Å². The van der Waals surface area contributed by atoms with Crippen molar-refractivity contribution >= 4 is 11.8 Å². The van der Waals surface area contributed by atoms with E-state index < -0.39 is 5.54 Å². The maximum absolute atomic E-state index is 12.7. The van der Waals surface area contributed by atoms with Gasteiger partial charge in [0.1, 0.15) is 5.75 Å². The molecule has 7 nitrogen and oxygen atoms in total. The summed E-state index contributed by atoms with van der Waals surface area (Å²) in [6, 6.07) is 7.78. The largest absolute Gasteiger partial charge is 0.497 e. The second kappa shape index (κ2) is 8.71. The van der Waals surface area contributed by atoms with E-state index in [1.54, 1.807) is 12.0 Å². The standard InChI is InChI=1S/C20H29N3O4/c1-26-17-5-2-16(3-6-17)4-7-18(24)22-10-12-23(13-11-22)19(25)20(21)8-14-27-15-9-20/h2-3,5-6H,4,7-15,21H2,1H3. The summed E-state index contributed by atoms with van der Waals surface area (Å²) in [7, 11) is 1.64. The van der Waals surface area contributed by atoms with Crippen molar-refractivity contribution in [2.45, 2.75) is 31.2 Å². The number of nitrogens with zero attached hydrogens (tertiary/aromatic N) is 2. The van der Waals surface area contributed by atoms with Crippen LogP contribution in [0.3, 0.4) is 0 Å². The van der Waals surface area contributed by atoms with Crippen molar-refractivity contribution in [3.63, 3.8) is 0 Å². The Kier molecular flexibility index (Phi) is 6.34. The van der Waals surface area contributed by atoms with Crippen LogP contribution >= 0.6 is 0 Å². The quantitative estimate of drug-likeness (QED) is 0.823. The summed E-state index contributed by atoms with van der Waals surface area (Å²) >= 11 is 0. The third-order valence-corrected chi connectivity index (χ3v) is 5.52. The number of hydrogen-bond acceptors (Lipinski definition) is 5. The van der Waals surface area contributed by atoms with E-state index in [0.29, 0.717) is 65.1 Å². The van der Waals surface area contributed by atoms with E-state index in [1.807, 2.05) is 29.2 Å². The lowest BCUT2D eigenvalue weighted by molar-refractivity contribution is -0.145. The van der Waals surface area contributed by atoms with E-state index in [2.05, 4.69) is 0 Å². The zero-order valence-electron chi connectivity index (χ0n) is 16.0. The molecule has 2 fully saturated rings. The first-order valence-corrected chi connectivity index (χ1v) is 9.58. The molecule has 2 N–H and O–H groups in total. The molecule has 3 rings (SSSR count). The van der Waals surface area contributed by atoms with Gasteiger partial charge in [-0.15, -0.1) is 0 Å². The van der Waals surface area contributed by atoms with Crippen molar-refractivity contribution in [2.24, 2.45) is 5.73 Å². The van der Waals surface area contributed by atoms with Crippen LogP contribution in [0.15, 0.2) is 24.3 Å². The summed E-state index contributed by atoms with van der Waals surface area (Å²) in [6.07, 6.45) is 2.30. The third-order valence-electron chi connectivity index (χ3n) is 5.52. The van der Waals surface area contributed by atoms with Crippen LogP contribution in [0.2, 0.25) is 0 Å². The summed E-state index contributed by atoms with van der Waals surface area (Å²) < 4.78 is 10.5. The van der Waals surface area contributed by atoms with Crippen LogP contribution in [0.1, 0.15) is 24.8 Å². The minimum absolute atomic E-state index is 0.00358. The monoisotopic (exact) mass is 375 g/mol. The number of hydrogen-bond donors (Lipinski definition) is 1. The second-order valence-electron chi connectivity index (χ2n) is 7.29. The van der Waals surface area contributed by atoms with Gasteiger partial charge in [0, 0.05) is 45.8 Å². The lowest BCUT2D eigenvalue weighted by atomic mass is 9.89. The summed E-state index contributed by atoms with van der Waals surface area (Å²) in [5.74, 6) is 0.940. The van der Waals surface area contributed by atoms with Crippen molar-refractivity contribution in [2.75, 3.05) is 46.5 Å². The number of aryl methyl sites for hydroxylation is 1.